The Hall–Kier alpha value is -0.930. The van der Waals surface area contributed by atoms with Gasteiger partial charge in [-0.25, -0.2) is 9.97 Å². The molecule has 2 aromatic heterocycles. The van der Waals surface area contributed by atoms with Gasteiger partial charge in [-0.1, -0.05) is 17.7 Å². The molecule has 0 radical (unpaired) electrons. The van der Waals surface area contributed by atoms with Crippen molar-refractivity contribution in [3.8, 4) is 0 Å². The Morgan fingerprint density at radius 2 is 2.13 bits per heavy atom. The summed E-state index contributed by atoms with van der Waals surface area (Å²) in [4.78, 5) is 9.95. The molecule has 0 fully saturated rings. The van der Waals surface area contributed by atoms with E-state index in [2.05, 4.69) is 21.4 Å². The van der Waals surface area contributed by atoms with E-state index in [0.29, 0.717) is 5.15 Å². The highest BCUT2D eigenvalue weighted by Gasteiger charge is 2.06. The fraction of sp³-hybridized carbons (Fsp3) is 0.273. The smallest absolute Gasteiger partial charge is 0.135 e. The second-order valence-corrected chi connectivity index (χ2v) is 4.79. The Morgan fingerprint density at radius 3 is 2.73 bits per heavy atom. The van der Waals surface area contributed by atoms with Crippen molar-refractivity contribution >= 4 is 22.9 Å². The summed E-state index contributed by atoms with van der Waals surface area (Å²) in [5.74, 6) is 0.797. The van der Waals surface area contributed by atoms with Gasteiger partial charge in [-0.15, -0.1) is 11.3 Å². The van der Waals surface area contributed by atoms with E-state index < -0.39 is 0 Å². The van der Waals surface area contributed by atoms with Crippen molar-refractivity contribution in [2.45, 2.75) is 20.3 Å². The highest BCUT2D eigenvalue weighted by molar-refractivity contribution is 7.09. The zero-order valence-corrected chi connectivity index (χ0v) is 10.2. The molecule has 4 heteroatoms. The van der Waals surface area contributed by atoms with E-state index in [4.69, 9.17) is 11.6 Å². The molecule has 0 spiro atoms. The quantitative estimate of drug-likeness (QED) is 0.750. The Morgan fingerprint density at radius 1 is 1.33 bits per heavy atom. The van der Waals surface area contributed by atoms with E-state index in [1.165, 1.54) is 4.88 Å². The van der Waals surface area contributed by atoms with Crippen LogP contribution in [-0.4, -0.2) is 9.97 Å². The summed E-state index contributed by atoms with van der Waals surface area (Å²) in [6.07, 6.45) is 0.762. The summed E-state index contributed by atoms with van der Waals surface area (Å²) in [5.41, 5.74) is 1.92. The van der Waals surface area contributed by atoms with E-state index >= 15 is 0 Å². The van der Waals surface area contributed by atoms with Crippen LogP contribution in [0.3, 0.4) is 0 Å². The Bertz CT molecular complexity index is 442. The zero-order valence-electron chi connectivity index (χ0n) is 8.62. The highest BCUT2D eigenvalue weighted by atomic mass is 35.5. The number of halogens is 1. The number of nitrogens with zero attached hydrogens (tertiary/aromatic N) is 2. The van der Waals surface area contributed by atoms with Crippen LogP contribution >= 0.6 is 22.9 Å². The maximum absolute atomic E-state index is 6.01. The molecule has 2 nitrogen and oxygen atoms in total. The first-order valence-electron chi connectivity index (χ1n) is 4.69. The number of hydrogen-bond acceptors (Lipinski definition) is 3. The lowest BCUT2D eigenvalue weighted by Crippen LogP contribution is -2.00. The van der Waals surface area contributed by atoms with Crippen molar-refractivity contribution in [1.29, 1.82) is 0 Å². The Kier molecular flexibility index (Phi) is 3.03. The lowest BCUT2D eigenvalue weighted by atomic mass is 10.2. The number of hydrogen-bond donors (Lipinski definition) is 0. The maximum Gasteiger partial charge on any atom is 0.135 e. The number of aromatic nitrogens is 2. The standard InChI is InChI=1S/C11H11ClN2S/c1-7-8(2)13-10(14-11(7)12)6-9-4-3-5-15-9/h3-5H,6H2,1-2H3. The zero-order chi connectivity index (χ0) is 10.8. The van der Waals surface area contributed by atoms with Gasteiger partial charge in [0.2, 0.25) is 0 Å². The first-order chi connectivity index (χ1) is 7.16. The molecule has 0 amide bonds. The minimum absolute atomic E-state index is 0.564. The lowest BCUT2D eigenvalue weighted by molar-refractivity contribution is 0.936. The number of thiophene rings is 1. The summed E-state index contributed by atoms with van der Waals surface area (Å²) < 4.78 is 0. The van der Waals surface area contributed by atoms with Crippen LogP contribution < -0.4 is 0 Å². The molecule has 0 aromatic carbocycles. The summed E-state index contributed by atoms with van der Waals surface area (Å²) in [5, 5.41) is 2.62. The van der Waals surface area contributed by atoms with Gasteiger partial charge < -0.3 is 0 Å². The summed E-state index contributed by atoms with van der Waals surface area (Å²) in [6, 6.07) is 4.11. The molecule has 0 aliphatic rings. The van der Waals surface area contributed by atoms with Crippen molar-refractivity contribution in [3.63, 3.8) is 0 Å². The summed E-state index contributed by atoms with van der Waals surface area (Å²) in [7, 11) is 0. The van der Waals surface area contributed by atoms with Gasteiger partial charge in [-0.05, 0) is 25.3 Å². The molecular formula is C11H11ClN2S. The Balaban J connectivity index is 2.30. The van der Waals surface area contributed by atoms with E-state index in [0.717, 1.165) is 23.5 Å². The molecule has 0 N–H and O–H groups in total. The second-order valence-electron chi connectivity index (χ2n) is 3.40. The molecule has 0 saturated carbocycles. The molecule has 2 heterocycles. The van der Waals surface area contributed by atoms with Crippen LogP contribution in [0.4, 0.5) is 0 Å². The summed E-state index contributed by atoms with van der Waals surface area (Å²) in [6.45, 7) is 3.90. The Labute approximate surface area is 98.0 Å². The molecule has 0 aliphatic heterocycles. The van der Waals surface area contributed by atoms with Gasteiger partial charge in [0.15, 0.2) is 0 Å². The molecule has 0 bridgehead atoms. The second kappa shape index (κ2) is 4.29. The van der Waals surface area contributed by atoms with E-state index in [1.807, 2.05) is 19.9 Å². The van der Waals surface area contributed by atoms with Crippen molar-refractivity contribution in [1.82, 2.24) is 9.97 Å². The summed E-state index contributed by atoms with van der Waals surface area (Å²) >= 11 is 7.72. The van der Waals surface area contributed by atoms with Gasteiger partial charge in [0.05, 0.1) is 0 Å². The molecule has 0 aliphatic carbocycles. The third kappa shape index (κ3) is 2.36. The van der Waals surface area contributed by atoms with Gasteiger partial charge in [-0.3, -0.25) is 0 Å². The molecule has 0 saturated heterocycles. The SMILES string of the molecule is Cc1nc(Cc2cccs2)nc(Cl)c1C. The van der Waals surface area contributed by atoms with Crippen LogP contribution in [0.1, 0.15) is 22.0 Å². The monoisotopic (exact) mass is 238 g/mol. The van der Waals surface area contributed by atoms with Crippen LogP contribution in [0.5, 0.6) is 0 Å². The maximum atomic E-state index is 6.01. The van der Waals surface area contributed by atoms with E-state index in [1.54, 1.807) is 11.3 Å². The van der Waals surface area contributed by atoms with Gasteiger partial charge in [0.1, 0.15) is 11.0 Å². The molecule has 0 unspecified atom stereocenters. The van der Waals surface area contributed by atoms with Gasteiger partial charge in [-0.2, -0.15) is 0 Å². The van der Waals surface area contributed by atoms with Crippen LogP contribution in [0.15, 0.2) is 17.5 Å². The van der Waals surface area contributed by atoms with Crippen LogP contribution in [-0.2, 0) is 6.42 Å². The van der Waals surface area contributed by atoms with E-state index in [-0.39, 0.29) is 0 Å². The molecule has 0 atom stereocenters. The largest absolute Gasteiger partial charge is 0.237 e. The third-order valence-corrected chi connectivity index (χ3v) is 3.53. The predicted octanol–water partition coefficient (Wildman–Crippen LogP) is 3.40. The minimum atomic E-state index is 0.564. The van der Waals surface area contributed by atoms with Gasteiger partial charge in [0.25, 0.3) is 0 Å². The van der Waals surface area contributed by atoms with Gasteiger partial charge in [0, 0.05) is 22.6 Å². The van der Waals surface area contributed by atoms with Crippen LogP contribution in [0.25, 0.3) is 0 Å². The average molecular weight is 239 g/mol. The van der Waals surface area contributed by atoms with Crippen molar-refractivity contribution in [3.05, 3.63) is 44.6 Å². The average Bonchev–Trinajstić information content (AvgIpc) is 2.66. The minimum Gasteiger partial charge on any atom is -0.237 e. The topological polar surface area (TPSA) is 25.8 Å². The fourth-order valence-electron chi connectivity index (χ4n) is 1.30. The predicted molar refractivity (Wildman–Crippen MR) is 63.6 cm³/mol. The van der Waals surface area contributed by atoms with Gasteiger partial charge >= 0.3 is 0 Å². The van der Waals surface area contributed by atoms with Crippen LogP contribution in [0.2, 0.25) is 5.15 Å². The number of aryl methyl sites for hydroxylation is 1. The van der Waals surface area contributed by atoms with Crippen molar-refractivity contribution in [2.75, 3.05) is 0 Å². The number of rotatable bonds is 2. The van der Waals surface area contributed by atoms with Crippen molar-refractivity contribution in [2.24, 2.45) is 0 Å². The first-order valence-corrected chi connectivity index (χ1v) is 5.94. The first kappa shape index (κ1) is 10.6. The molecule has 78 valence electrons. The normalized spacial score (nSPS) is 10.6. The fourth-order valence-corrected chi connectivity index (χ4v) is 2.23. The molecule has 2 rings (SSSR count). The molecule has 15 heavy (non-hydrogen) atoms. The molecule has 2 aromatic rings. The molecular weight excluding hydrogens is 228 g/mol. The van der Waals surface area contributed by atoms with E-state index in [9.17, 15) is 0 Å². The van der Waals surface area contributed by atoms with Crippen LogP contribution in [0, 0.1) is 13.8 Å². The van der Waals surface area contributed by atoms with Crippen molar-refractivity contribution < 1.29 is 0 Å². The highest BCUT2D eigenvalue weighted by Crippen LogP contribution is 2.18. The third-order valence-electron chi connectivity index (χ3n) is 2.29. The lowest BCUT2D eigenvalue weighted by Gasteiger charge is -2.04.